The molecule has 0 aliphatic rings. The maximum absolute atomic E-state index is 10.2. The third-order valence-electron chi connectivity index (χ3n) is 1.66. The molecule has 0 radical (unpaired) electrons. The first-order chi connectivity index (χ1) is 5.77. The van der Waals surface area contributed by atoms with E-state index in [0.717, 1.165) is 6.54 Å². The van der Waals surface area contributed by atoms with Crippen LogP contribution in [0.2, 0.25) is 0 Å². The number of nitrogens with one attached hydrogen (secondary N) is 1. The Balaban J connectivity index is 2.86. The van der Waals surface area contributed by atoms with E-state index in [1.54, 1.807) is 0 Å². The first-order valence-electron chi connectivity index (χ1n) is 4.55. The zero-order valence-electron chi connectivity index (χ0n) is 7.71. The van der Waals surface area contributed by atoms with Crippen molar-refractivity contribution in [3.63, 3.8) is 0 Å². The van der Waals surface area contributed by atoms with Crippen LogP contribution in [-0.2, 0) is 11.1 Å². The molecule has 0 aromatic rings. The number of hydrogen-bond donors (Lipinski definition) is 2. The van der Waals surface area contributed by atoms with Crippen molar-refractivity contribution in [3.8, 4) is 0 Å². The Kier molecular flexibility index (Phi) is 9.21. The second kappa shape index (κ2) is 9.16. The largest absolute Gasteiger partial charge is 0.316 e. The summed E-state index contributed by atoms with van der Waals surface area (Å²) in [6.45, 7) is 3.80. The van der Waals surface area contributed by atoms with Crippen LogP contribution in [-0.4, -0.2) is 27.6 Å². The van der Waals surface area contributed by atoms with Crippen LogP contribution in [0.25, 0.3) is 0 Å². The first-order valence-corrected chi connectivity index (χ1v) is 5.83. The van der Waals surface area contributed by atoms with Gasteiger partial charge in [-0.15, -0.1) is 0 Å². The third kappa shape index (κ3) is 10.1. The van der Waals surface area contributed by atoms with Crippen molar-refractivity contribution in [1.29, 1.82) is 0 Å². The van der Waals surface area contributed by atoms with Gasteiger partial charge in [0, 0.05) is 6.54 Å². The van der Waals surface area contributed by atoms with E-state index in [1.807, 2.05) is 0 Å². The summed E-state index contributed by atoms with van der Waals surface area (Å²) in [6, 6.07) is 0. The maximum atomic E-state index is 10.2. The Morgan fingerprint density at radius 2 is 2.00 bits per heavy atom. The zero-order valence-corrected chi connectivity index (χ0v) is 8.53. The van der Waals surface area contributed by atoms with Crippen molar-refractivity contribution in [3.05, 3.63) is 0 Å². The maximum Gasteiger partial charge on any atom is 0.154 e. The topological polar surface area (TPSA) is 49.3 Å². The molecular formula is C8H19NO2S. The molecule has 0 spiro atoms. The highest BCUT2D eigenvalue weighted by molar-refractivity contribution is 7.79. The van der Waals surface area contributed by atoms with Crippen LogP contribution in [0.15, 0.2) is 0 Å². The molecule has 0 heterocycles. The molecule has 0 saturated carbocycles. The smallest absolute Gasteiger partial charge is 0.154 e. The zero-order chi connectivity index (χ0) is 9.23. The Bertz CT molecular complexity index is 120. The molecule has 0 aromatic carbocycles. The molecule has 0 aliphatic heterocycles. The lowest BCUT2D eigenvalue weighted by Gasteiger charge is -2.01. The van der Waals surface area contributed by atoms with E-state index in [1.165, 1.54) is 25.7 Å². The molecule has 0 aliphatic carbocycles. The minimum atomic E-state index is -1.64. The Hall–Kier alpha value is 0.0700. The average molecular weight is 193 g/mol. The lowest BCUT2D eigenvalue weighted by Crippen LogP contribution is -2.21. The summed E-state index contributed by atoms with van der Waals surface area (Å²) >= 11 is -1.64. The second-order valence-corrected chi connectivity index (χ2v) is 3.89. The molecule has 74 valence electrons. The summed E-state index contributed by atoms with van der Waals surface area (Å²) in [5.41, 5.74) is 0. The normalized spacial score (nSPS) is 13.2. The van der Waals surface area contributed by atoms with Gasteiger partial charge < -0.3 is 9.87 Å². The van der Waals surface area contributed by atoms with Gasteiger partial charge >= 0.3 is 0 Å². The van der Waals surface area contributed by atoms with E-state index in [2.05, 4.69) is 12.2 Å². The van der Waals surface area contributed by atoms with Crippen LogP contribution in [0.5, 0.6) is 0 Å². The molecule has 0 amide bonds. The number of unbranched alkanes of at least 4 members (excludes halogenated alkanes) is 3. The van der Waals surface area contributed by atoms with Gasteiger partial charge in [-0.05, 0) is 13.0 Å². The predicted octanol–water partition coefficient (Wildman–Crippen LogP) is 1.38. The molecule has 0 saturated heterocycles. The first kappa shape index (κ1) is 12.1. The minimum absolute atomic E-state index is 0.341. The van der Waals surface area contributed by atoms with E-state index >= 15 is 0 Å². The number of rotatable bonds is 8. The quantitative estimate of drug-likeness (QED) is 0.452. The van der Waals surface area contributed by atoms with Gasteiger partial charge in [-0.3, -0.25) is 0 Å². The van der Waals surface area contributed by atoms with Crippen molar-refractivity contribution < 1.29 is 8.76 Å². The molecule has 4 heteroatoms. The molecule has 2 N–H and O–H groups in total. The molecule has 0 aromatic heterocycles. The van der Waals surface area contributed by atoms with Crippen LogP contribution in [0.3, 0.4) is 0 Å². The third-order valence-corrected chi connectivity index (χ3v) is 2.21. The highest BCUT2D eigenvalue weighted by atomic mass is 32.2. The predicted molar refractivity (Wildman–Crippen MR) is 52.6 cm³/mol. The van der Waals surface area contributed by atoms with Gasteiger partial charge in [0.15, 0.2) is 11.1 Å². The van der Waals surface area contributed by atoms with Crippen LogP contribution in [0.1, 0.15) is 32.6 Å². The fraction of sp³-hybridized carbons (Fsp3) is 1.00. The summed E-state index contributed by atoms with van der Waals surface area (Å²) in [4.78, 5) is 0. The molecule has 1 unspecified atom stereocenters. The van der Waals surface area contributed by atoms with Gasteiger partial charge in [0.1, 0.15) is 0 Å². The van der Waals surface area contributed by atoms with Crippen LogP contribution < -0.4 is 5.32 Å². The van der Waals surface area contributed by atoms with E-state index in [4.69, 9.17) is 4.55 Å². The van der Waals surface area contributed by atoms with Gasteiger partial charge in [-0.1, -0.05) is 26.2 Å². The van der Waals surface area contributed by atoms with Gasteiger partial charge in [-0.25, -0.2) is 4.21 Å². The number of hydrogen-bond acceptors (Lipinski definition) is 2. The standard InChI is InChI=1S/C8H19NO2S/c1-2-3-4-5-6-9-7-8-12(10)11/h9H,2-8H2,1H3,(H,10,11). The van der Waals surface area contributed by atoms with Crippen LogP contribution in [0, 0.1) is 0 Å². The summed E-state index contributed by atoms with van der Waals surface area (Å²) in [5, 5.41) is 3.12. The molecule has 3 nitrogen and oxygen atoms in total. The molecule has 0 bridgehead atoms. The van der Waals surface area contributed by atoms with Crippen LogP contribution in [0.4, 0.5) is 0 Å². The fourth-order valence-corrected chi connectivity index (χ4v) is 1.28. The van der Waals surface area contributed by atoms with E-state index in [-0.39, 0.29) is 0 Å². The highest BCUT2D eigenvalue weighted by Crippen LogP contribution is 1.96. The molecular weight excluding hydrogens is 174 g/mol. The summed E-state index contributed by atoms with van der Waals surface area (Å²) in [6.07, 6.45) is 4.96. The monoisotopic (exact) mass is 193 g/mol. The van der Waals surface area contributed by atoms with Crippen LogP contribution >= 0.6 is 0 Å². The average Bonchev–Trinajstić information content (AvgIpc) is 2.02. The van der Waals surface area contributed by atoms with Crippen molar-refractivity contribution in [2.24, 2.45) is 0 Å². The van der Waals surface area contributed by atoms with Gasteiger partial charge in [0.2, 0.25) is 0 Å². The Labute approximate surface area is 77.2 Å². The summed E-state index contributed by atoms with van der Waals surface area (Å²) in [7, 11) is 0. The van der Waals surface area contributed by atoms with Crippen molar-refractivity contribution in [2.45, 2.75) is 32.6 Å². The van der Waals surface area contributed by atoms with Gasteiger partial charge in [0.05, 0.1) is 5.75 Å². The molecule has 0 fully saturated rings. The van der Waals surface area contributed by atoms with Gasteiger partial charge in [0.25, 0.3) is 0 Å². The van der Waals surface area contributed by atoms with Crippen molar-refractivity contribution >= 4 is 11.1 Å². The fourth-order valence-electron chi connectivity index (χ4n) is 0.961. The lowest BCUT2D eigenvalue weighted by atomic mass is 10.2. The molecule has 1 atom stereocenters. The summed E-state index contributed by atoms with van der Waals surface area (Å²) < 4.78 is 18.6. The van der Waals surface area contributed by atoms with Crippen molar-refractivity contribution in [2.75, 3.05) is 18.8 Å². The van der Waals surface area contributed by atoms with E-state index in [0.29, 0.717) is 12.3 Å². The Morgan fingerprint density at radius 1 is 1.25 bits per heavy atom. The lowest BCUT2D eigenvalue weighted by molar-refractivity contribution is 0.556. The van der Waals surface area contributed by atoms with E-state index in [9.17, 15) is 4.21 Å². The minimum Gasteiger partial charge on any atom is -0.316 e. The second-order valence-electron chi connectivity index (χ2n) is 2.84. The molecule has 12 heavy (non-hydrogen) atoms. The van der Waals surface area contributed by atoms with Gasteiger partial charge in [-0.2, -0.15) is 0 Å². The van der Waals surface area contributed by atoms with E-state index < -0.39 is 11.1 Å². The summed E-state index contributed by atoms with van der Waals surface area (Å²) in [5.74, 6) is 0.341. The molecule has 0 rings (SSSR count). The SMILES string of the molecule is CCCCCCNCCS(=O)O. The van der Waals surface area contributed by atoms with Crippen molar-refractivity contribution in [1.82, 2.24) is 5.32 Å². The Morgan fingerprint density at radius 3 is 2.58 bits per heavy atom. The highest BCUT2D eigenvalue weighted by Gasteiger charge is 1.92.